The lowest BCUT2D eigenvalue weighted by molar-refractivity contribution is 1.24. The molecule has 0 aliphatic carbocycles. The number of nitrogens with zero attached hydrogens (tertiary/aromatic N) is 2. The number of hydrogen-bond acceptors (Lipinski definition) is 4. The molecular formula is C26H16N2S2. The van der Waals surface area contributed by atoms with Crippen molar-refractivity contribution in [3.05, 3.63) is 93.2 Å². The highest BCUT2D eigenvalue weighted by Gasteiger charge is 2.06. The Bertz CT molecular complexity index is 1330. The molecular weight excluding hydrogens is 404 g/mol. The minimum atomic E-state index is 0.797. The van der Waals surface area contributed by atoms with Gasteiger partial charge in [-0.25, -0.2) is 9.97 Å². The van der Waals surface area contributed by atoms with Gasteiger partial charge in [-0.05, 0) is 95.8 Å². The maximum absolute atomic E-state index is 4.35. The monoisotopic (exact) mass is 420 g/mol. The first-order chi connectivity index (χ1) is 14.6. The largest absolute Gasteiger partial charge is 0.248 e. The molecule has 4 heteroatoms. The molecule has 2 nitrogen and oxygen atoms in total. The molecule has 0 N–H and O–H groups in total. The van der Waals surface area contributed by atoms with Crippen LogP contribution in [0.15, 0.2) is 60.9 Å². The third kappa shape index (κ3) is 3.98. The average molecular weight is 421 g/mol. The molecule has 5 rings (SSSR count). The van der Waals surface area contributed by atoms with Crippen molar-refractivity contribution >= 4 is 42.8 Å². The highest BCUT2D eigenvalue weighted by Crippen LogP contribution is 2.33. The molecule has 0 aliphatic heterocycles. The Hall–Kier alpha value is -3.44. The van der Waals surface area contributed by atoms with Gasteiger partial charge in [-0.15, -0.1) is 22.7 Å². The summed E-state index contributed by atoms with van der Waals surface area (Å²) in [5.41, 5.74) is 3.87. The van der Waals surface area contributed by atoms with E-state index in [0.717, 1.165) is 32.3 Å². The smallest absolute Gasteiger partial charge is 0.113 e. The summed E-state index contributed by atoms with van der Waals surface area (Å²) in [5, 5.41) is 2.44. The molecule has 0 unspecified atom stereocenters. The van der Waals surface area contributed by atoms with Gasteiger partial charge >= 0.3 is 0 Å². The first-order valence-electron chi connectivity index (χ1n) is 9.49. The fraction of sp³-hybridized carbons (Fsp3) is 0.0769. The molecule has 1 aromatic carbocycles. The zero-order valence-electron chi connectivity index (χ0n) is 16.5. The number of rotatable bonds is 0. The summed E-state index contributed by atoms with van der Waals surface area (Å²) in [7, 11) is 0. The number of pyridine rings is 2. The van der Waals surface area contributed by atoms with Gasteiger partial charge < -0.3 is 0 Å². The van der Waals surface area contributed by atoms with Crippen molar-refractivity contribution in [2.75, 3.05) is 0 Å². The van der Waals surface area contributed by atoms with Gasteiger partial charge in [0.15, 0.2) is 0 Å². The van der Waals surface area contributed by atoms with Crippen LogP contribution in [0.5, 0.6) is 0 Å². The normalized spacial score (nSPS) is 10.5. The fourth-order valence-electron chi connectivity index (χ4n) is 3.03. The van der Waals surface area contributed by atoms with Crippen molar-refractivity contribution in [1.29, 1.82) is 0 Å². The van der Waals surface area contributed by atoms with Crippen molar-refractivity contribution in [1.82, 2.24) is 9.97 Å². The predicted octanol–water partition coefficient (Wildman–Crippen LogP) is 6.32. The van der Waals surface area contributed by atoms with Gasteiger partial charge in [0, 0.05) is 21.8 Å². The molecule has 0 atom stereocenters. The van der Waals surface area contributed by atoms with E-state index in [0.29, 0.717) is 0 Å². The second-order valence-electron chi connectivity index (χ2n) is 7.09. The van der Waals surface area contributed by atoms with Gasteiger partial charge in [0.1, 0.15) is 11.4 Å². The molecule has 4 aromatic heterocycles. The lowest BCUT2D eigenvalue weighted by atomic mass is 10.2. The molecule has 0 saturated heterocycles. The first kappa shape index (κ1) is 18.6. The Labute approximate surface area is 183 Å². The predicted molar refractivity (Wildman–Crippen MR) is 127 cm³/mol. The van der Waals surface area contributed by atoms with Crippen molar-refractivity contribution < 1.29 is 0 Å². The van der Waals surface area contributed by atoms with E-state index in [1.807, 2.05) is 50.5 Å². The van der Waals surface area contributed by atoms with Crippen LogP contribution in [0.3, 0.4) is 0 Å². The Balaban J connectivity index is 1.44. The van der Waals surface area contributed by atoms with E-state index in [1.54, 1.807) is 22.7 Å². The van der Waals surface area contributed by atoms with Crippen molar-refractivity contribution in [3.8, 4) is 23.7 Å². The molecule has 0 amide bonds. The van der Waals surface area contributed by atoms with Gasteiger partial charge in [0.2, 0.25) is 0 Å². The van der Waals surface area contributed by atoms with Crippen molar-refractivity contribution in [2.24, 2.45) is 0 Å². The van der Waals surface area contributed by atoms with E-state index >= 15 is 0 Å². The van der Waals surface area contributed by atoms with Crippen LogP contribution < -0.4 is 0 Å². The summed E-state index contributed by atoms with van der Waals surface area (Å²) < 4.78 is 2.47. The van der Waals surface area contributed by atoms with Crippen LogP contribution in [0.25, 0.3) is 20.2 Å². The molecule has 0 bridgehead atoms. The lowest BCUT2D eigenvalue weighted by Crippen LogP contribution is -1.81. The van der Waals surface area contributed by atoms with Crippen LogP contribution in [-0.2, 0) is 0 Å². The van der Waals surface area contributed by atoms with Crippen LogP contribution in [0.4, 0.5) is 0 Å². The Kier molecular flexibility index (Phi) is 4.81. The highest BCUT2D eigenvalue weighted by atomic mass is 32.1. The molecule has 0 spiro atoms. The van der Waals surface area contributed by atoms with Crippen LogP contribution in [0, 0.1) is 37.5 Å². The van der Waals surface area contributed by atoms with E-state index in [4.69, 9.17) is 0 Å². The number of hydrogen-bond donors (Lipinski definition) is 0. The standard InChI is InChI=1S/C26H16N2S2/c1-17-3-5-21(27-15-17)7-9-23-11-19-13-26-20(14-25(19)29-23)12-24(30-26)10-8-22-6-4-18(2)16-28-22/h3-6,11-16H,1-2H3. The van der Waals surface area contributed by atoms with Gasteiger partial charge in [-0.1, -0.05) is 12.1 Å². The molecule has 4 heterocycles. The lowest BCUT2D eigenvalue weighted by Gasteiger charge is -1.90. The number of aromatic nitrogens is 2. The number of benzene rings is 1. The highest BCUT2D eigenvalue weighted by molar-refractivity contribution is 7.21. The SMILES string of the molecule is Cc1ccc(C#Cc2cc3cc4sc(C#Cc5ccc(C)cn5)cc4cc3s2)nc1. The summed E-state index contributed by atoms with van der Waals surface area (Å²) >= 11 is 3.43. The third-order valence-electron chi connectivity index (χ3n) is 4.61. The summed E-state index contributed by atoms with van der Waals surface area (Å²) in [4.78, 5) is 10.8. The van der Waals surface area contributed by atoms with Crippen LogP contribution >= 0.6 is 22.7 Å². The van der Waals surface area contributed by atoms with E-state index < -0.39 is 0 Å². The minimum absolute atomic E-state index is 0.797. The second kappa shape index (κ2) is 7.76. The Morgan fingerprint density at radius 3 is 1.47 bits per heavy atom. The van der Waals surface area contributed by atoms with Crippen LogP contribution in [-0.4, -0.2) is 9.97 Å². The molecule has 0 aliphatic rings. The third-order valence-corrected chi connectivity index (χ3v) is 6.63. The maximum atomic E-state index is 4.35. The van der Waals surface area contributed by atoms with Crippen LogP contribution in [0.1, 0.15) is 32.3 Å². The summed E-state index contributed by atoms with van der Waals surface area (Å²) in [5.74, 6) is 12.8. The summed E-state index contributed by atoms with van der Waals surface area (Å²) in [6.07, 6.45) is 3.69. The summed E-state index contributed by atoms with van der Waals surface area (Å²) in [6, 6.07) is 16.8. The maximum Gasteiger partial charge on any atom is 0.113 e. The van der Waals surface area contributed by atoms with Gasteiger partial charge in [-0.3, -0.25) is 0 Å². The molecule has 5 aromatic rings. The van der Waals surface area contributed by atoms with E-state index in [2.05, 4.69) is 57.9 Å². The number of thiophene rings is 2. The van der Waals surface area contributed by atoms with Crippen molar-refractivity contribution in [3.63, 3.8) is 0 Å². The molecule has 0 radical (unpaired) electrons. The first-order valence-corrected chi connectivity index (χ1v) is 11.1. The quantitative estimate of drug-likeness (QED) is 0.274. The Morgan fingerprint density at radius 1 is 0.600 bits per heavy atom. The Morgan fingerprint density at radius 2 is 1.07 bits per heavy atom. The van der Waals surface area contributed by atoms with Gasteiger partial charge in [-0.2, -0.15) is 0 Å². The summed E-state index contributed by atoms with van der Waals surface area (Å²) in [6.45, 7) is 4.05. The number of fused-ring (bicyclic) bond motifs is 2. The van der Waals surface area contributed by atoms with E-state index in [1.165, 1.54) is 20.2 Å². The fourth-order valence-corrected chi connectivity index (χ4v) is 4.92. The average Bonchev–Trinajstić information content (AvgIpc) is 3.33. The zero-order valence-corrected chi connectivity index (χ0v) is 18.1. The second-order valence-corrected chi connectivity index (χ2v) is 9.26. The number of aryl methyl sites for hydroxylation is 2. The van der Waals surface area contributed by atoms with Crippen LogP contribution in [0.2, 0.25) is 0 Å². The minimum Gasteiger partial charge on any atom is -0.248 e. The topological polar surface area (TPSA) is 25.8 Å². The van der Waals surface area contributed by atoms with E-state index in [-0.39, 0.29) is 0 Å². The van der Waals surface area contributed by atoms with E-state index in [9.17, 15) is 0 Å². The molecule has 0 saturated carbocycles. The zero-order chi connectivity index (χ0) is 20.5. The van der Waals surface area contributed by atoms with Gasteiger partial charge in [0.05, 0.1) is 9.75 Å². The van der Waals surface area contributed by atoms with Gasteiger partial charge in [0.25, 0.3) is 0 Å². The molecule has 142 valence electrons. The molecule has 0 fully saturated rings. The van der Waals surface area contributed by atoms with Crippen molar-refractivity contribution in [2.45, 2.75) is 13.8 Å². The molecule has 30 heavy (non-hydrogen) atoms.